The van der Waals surface area contributed by atoms with Crippen LogP contribution < -0.4 is 0 Å². The van der Waals surface area contributed by atoms with Gasteiger partial charge in [-0.05, 0) is 43.1 Å². The van der Waals surface area contributed by atoms with Gasteiger partial charge >= 0.3 is 0 Å². The minimum atomic E-state index is -0.986. The van der Waals surface area contributed by atoms with E-state index in [1.807, 2.05) is 18.5 Å². The second kappa shape index (κ2) is 5.66. The molecule has 0 amide bonds. The Bertz CT molecular complexity index is 501. The Morgan fingerprint density at radius 1 is 1.56 bits per heavy atom. The molecule has 0 bridgehead atoms. The highest BCUT2D eigenvalue weighted by Crippen LogP contribution is 2.30. The Hall–Kier alpha value is -1.15. The third kappa shape index (κ3) is 2.64. The molecule has 5 heteroatoms. The normalized spacial score (nSPS) is 14.0. The van der Waals surface area contributed by atoms with Crippen LogP contribution in [0.2, 0.25) is 0 Å². The topological polar surface area (TPSA) is 58.7 Å². The van der Waals surface area contributed by atoms with E-state index >= 15 is 0 Å². The van der Waals surface area contributed by atoms with Crippen LogP contribution in [0.3, 0.4) is 0 Å². The molecule has 0 fully saturated rings. The molecule has 0 aliphatic rings. The summed E-state index contributed by atoms with van der Waals surface area (Å²) in [5, 5.41) is 13.7. The van der Waals surface area contributed by atoms with Crippen LogP contribution in [0.15, 0.2) is 4.47 Å². The molecule has 0 aliphatic heterocycles. The maximum atomic E-state index is 11.6. The van der Waals surface area contributed by atoms with E-state index in [1.54, 1.807) is 6.92 Å². The zero-order valence-electron chi connectivity index (χ0n) is 11.2. The van der Waals surface area contributed by atoms with Crippen molar-refractivity contribution in [1.82, 2.24) is 9.78 Å². The number of carbonyl (C=O) groups is 1. The number of nitrogens with zero attached hydrogens (tertiary/aromatic N) is 3. The molecule has 0 aliphatic carbocycles. The molecule has 0 N–H and O–H groups in total. The van der Waals surface area contributed by atoms with E-state index in [9.17, 15) is 10.1 Å². The molecule has 0 aromatic carbocycles. The molecule has 1 unspecified atom stereocenters. The van der Waals surface area contributed by atoms with Crippen LogP contribution >= 0.6 is 15.9 Å². The third-order valence-electron chi connectivity index (χ3n) is 3.24. The van der Waals surface area contributed by atoms with Crippen LogP contribution in [0.25, 0.3) is 0 Å². The van der Waals surface area contributed by atoms with E-state index in [0.29, 0.717) is 6.42 Å². The first-order valence-corrected chi connectivity index (χ1v) is 6.85. The highest BCUT2D eigenvalue weighted by molar-refractivity contribution is 9.10. The second-order valence-electron chi connectivity index (χ2n) is 4.55. The van der Waals surface area contributed by atoms with Crippen LogP contribution in [0.1, 0.15) is 39.1 Å². The molecule has 0 saturated heterocycles. The Kier molecular flexibility index (Phi) is 4.69. The predicted octanol–water partition coefficient (Wildman–Crippen LogP) is 2.89. The second-order valence-corrected chi connectivity index (χ2v) is 5.35. The lowest BCUT2D eigenvalue weighted by molar-refractivity contribution is -0.123. The van der Waals surface area contributed by atoms with Gasteiger partial charge in [-0.15, -0.1) is 0 Å². The number of Topliss-reactive ketones (excluding diaryl/α,β-unsaturated/α-hetero) is 1. The molecule has 0 saturated carbocycles. The number of ketones is 1. The molecule has 18 heavy (non-hydrogen) atoms. The van der Waals surface area contributed by atoms with Gasteiger partial charge in [0.15, 0.2) is 0 Å². The summed E-state index contributed by atoms with van der Waals surface area (Å²) in [6, 6.07) is 2.12. The van der Waals surface area contributed by atoms with Crippen molar-refractivity contribution in [3.8, 4) is 6.07 Å². The fourth-order valence-electron chi connectivity index (χ4n) is 1.76. The van der Waals surface area contributed by atoms with Crippen LogP contribution in [-0.4, -0.2) is 15.6 Å². The summed E-state index contributed by atoms with van der Waals surface area (Å²) < 4.78 is 2.79. The minimum Gasteiger partial charge on any atom is -0.298 e. The number of aryl methyl sites for hydroxylation is 2. The third-order valence-corrected chi connectivity index (χ3v) is 4.15. The van der Waals surface area contributed by atoms with Gasteiger partial charge in [-0.25, -0.2) is 0 Å². The van der Waals surface area contributed by atoms with Crippen molar-refractivity contribution in [1.29, 1.82) is 5.26 Å². The molecule has 1 aromatic heterocycles. The molecule has 1 heterocycles. The number of carbonyl (C=O) groups excluding carboxylic acids is 1. The molecular weight excluding hydrogens is 294 g/mol. The maximum absolute atomic E-state index is 11.6. The number of aromatic nitrogens is 2. The average molecular weight is 312 g/mol. The SMILES string of the molecule is CCc1nn(CC)c(CC(C)(C#N)C(C)=O)c1Br. The average Bonchev–Trinajstić information content (AvgIpc) is 2.65. The Labute approximate surface area is 116 Å². The van der Waals surface area contributed by atoms with E-state index < -0.39 is 5.41 Å². The van der Waals surface area contributed by atoms with E-state index in [0.717, 1.165) is 28.8 Å². The molecule has 1 aromatic rings. The van der Waals surface area contributed by atoms with Crippen molar-refractivity contribution in [3.05, 3.63) is 15.9 Å². The van der Waals surface area contributed by atoms with E-state index in [-0.39, 0.29) is 5.78 Å². The van der Waals surface area contributed by atoms with Crippen molar-refractivity contribution < 1.29 is 4.79 Å². The van der Waals surface area contributed by atoms with Gasteiger partial charge < -0.3 is 0 Å². The molecule has 0 radical (unpaired) electrons. The van der Waals surface area contributed by atoms with Gasteiger partial charge in [0.1, 0.15) is 11.2 Å². The molecule has 1 rings (SSSR count). The fraction of sp³-hybridized carbons (Fsp3) is 0.615. The number of rotatable bonds is 5. The van der Waals surface area contributed by atoms with Crippen LogP contribution in [0.5, 0.6) is 0 Å². The number of hydrogen-bond donors (Lipinski definition) is 0. The lowest BCUT2D eigenvalue weighted by Crippen LogP contribution is -2.27. The fourth-order valence-corrected chi connectivity index (χ4v) is 2.47. The maximum Gasteiger partial charge on any atom is 0.150 e. The first-order valence-electron chi connectivity index (χ1n) is 6.06. The summed E-state index contributed by atoms with van der Waals surface area (Å²) in [4.78, 5) is 11.6. The minimum absolute atomic E-state index is 0.112. The highest BCUT2D eigenvalue weighted by Gasteiger charge is 2.33. The van der Waals surface area contributed by atoms with Gasteiger partial charge in [0.25, 0.3) is 0 Å². The van der Waals surface area contributed by atoms with Crippen molar-refractivity contribution in [3.63, 3.8) is 0 Å². The first kappa shape index (κ1) is 14.9. The first-order chi connectivity index (χ1) is 8.39. The standard InChI is InChI=1S/C13H18BrN3O/c1-5-10-12(14)11(17(6-2)16-10)7-13(4,8-15)9(3)18/h5-7H2,1-4H3. The number of halogens is 1. The van der Waals surface area contributed by atoms with Gasteiger partial charge in [-0.1, -0.05) is 6.92 Å². The van der Waals surface area contributed by atoms with E-state index in [4.69, 9.17) is 0 Å². The smallest absolute Gasteiger partial charge is 0.150 e. The van der Waals surface area contributed by atoms with Gasteiger partial charge in [0.05, 0.1) is 21.9 Å². The van der Waals surface area contributed by atoms with Crippen molar-refractivity contribution in [2.75, 3.05) is 0 Å². The predicted molar refractivity (Wildman–Crippen MR) is 73.1 cm³/mol. The quantitative estimate of drug-likeness (QED) is 0.840. The van der Waals surface area contributed by atoms with Crippen LogP contribution in [0, 0.1) is 16.7 Å². The van der Waals surface area contributed by atoms with E-state index in [1.165, 1.54) is 6.92 Å². The Morgan fingerprint density at radius 2 is 2.17 bits per heavy atom. The molecule has 0 spiro atoms. The monoisotopic (exact) mass is 311 g/mol. The van der Waals surface area contributed by atoms with Gasteiger partial charge in [0.2, 0.25) is 0 Å². The molecular formula is C13H18BrN3O. The largest absolute Gasteiger partial charge is 0.298 e. The highest BCUT2D eigenvalue weighted by atomic mass is 79.9. The summed E-state index contributed by atoms with van der Waals surface area (Å²) in [6.45, 7) is 7.91. The van der Waals surface area contributed by atoms with E-state index in [2.05, 4.69) is 27.1 Å². The van der Waals surface area contributed by atoms with Crippen molar-refractivity contribution >= 4 is 21.7 Å². The Balaban J connectivity index is 3.22. The number of hydrogen-bond acceptors (Lipinski definition) is 3. The lowest BCUT2D eigenvalue weighted by atomic mass is 9.83. The lowest BCUT2D eigenvalue weighted by Gasteiger charge is -2.18. The molecule has 98 valence electrons. The van der Waals surface area contributed by atoms with Crippen molar-refractivity contribution in [2.24, 2.45) is 5.41 Å². The zero-order valence-corrected chi connectivity index (χ0v) is 12.8. The van der Waals surface area contributed by atoms with Crippen LogP contribution in [0.4, 0.5) is 0 Å². The van der Waals surface area contributed by atoms with Gasteiger partial charge in [-0.3, -0.25) is 9.48 Å². The van der Waals surface area contributed by atoms with Gasteiger partial charge in [0, 0.05) is 13.0 Å². The molecule has 1 atom stereocenters. The van der Waals surface area contributed by atoms with Crippen LogP contribution in [-0.2, 0) is 24.2 Å². The summed E-state index contributed by atoms with van der Waals surface area (Å²) in [7, 11) is 0. The summed E-state index contributed by atoms with van der Waals surface area (Å²) in [6.07, 6.45) is 1.21. The number of nitriles is 1. The summed E-state index contributed by atoms with van der Waals surface area (Å²) in [5.41, 5.74) is 0.907. The van der Waals surface area contributed by atoms with Crippen molar-refractivity contribution in [2.45, 2.75) is 47.1 Å². The zero-order chi connectivity index (χ0) is 13.9. The molecule has 4 nitrogen and oxygen atoms in total. The summed E-state index contributed by atoms with van der Waals surface area (Å²) in [5.74, 6) is -0.112. The van der Waals surface area contributed by atoms with Gasteiger partial charge in [-0.2, -0.15) is 10.4 Å². The summed E-state index contributed by atoms with van der Waals surface area (Å²) >= 11 is 3.53. The Morgan fingerprint density at radius 3 is 2.56 bits per heavy atom.